The molecule has 0 atom stereocenters. The fourth-order valence-electron chi connectivity index (χ4n) is 1.99. The van der Waals surface area contributed by atoms with Gasteiger partial charge in [-0.1, -0.05) is 17.3 Å². The summed E-state index contributed by atoms with van der Waals surface area (Å²) in [7, 11) is 3.93. The molecule has 20 heavy (non-hydrogen) atoms. The zero-order valence-electron chi connectivity index (χ0n) is 11.7. The molecule has 0 aliphatic carbocycles. The van der Waals surface area contributed by atoms with E-state index in [2.05, 4.69) is 15.2 Å². The van der Waals surface area contributed by atoms with E-state index in [1.165, 1.54) is 5.56 Å². The molecule has 1 aromatic carbocycles. The highest BCUT2D eigenvalue weighted by Gasteiger charge is 2.05. The number of benzene rings is 1. The minimum Gasteiger partial charge on any atom is -0.409 e. The van der Waals surface area contributed by atoms with Crippen LogP contribution in [0.5, 0.6) is 0 Å². The lowest BCUT2D eigenvalue weighted by atomic mass is 10.1. The van der Waals surface area contributed by atoms with E-state index in [0.717, 1.165) is 18.7 Å². The number of aryl methyl sites for hydroxylation is 1. The van der Waals surface area contributed by atoms with E-state index in [-0.39, 0.29) is 5.84 Å². The molecule has 0 aliphatic heterocycles. The summed E-state index contributed by atoms with van der Waals surface area (Å²) in [5.41, 5.74) is 8.54. The van der Waals surface area contributed by atoms with Gasteiger partial charge in [0.1, 0.15) is 0 Å². The standard InChI is InChI=1S/C14H19N5O/c1-18(7-6-11-9-16-19(2)10-11)13-5-3-4-12(8-13)14(15)17-20/h3-5,8-10,20H,6-7H2,1-2H3,(H2,15,17). The molecule has 0 radical (unpaired) electrons. The van der Waals surface area contributed by atoms with E-state index >= 15 is 0 Å². The summed E-state index contributed by atoms with van der Waals surface area (Å²) in [6.45, 7) is 0.866. The zero-order chi connectivity index (χ0) is 14.5. The van der Waals surface area contributed by atoms with Crippen molar-refractivity contribution in [3.63, 3.8) is 0 Å². The van der Waals surface area contributed by atoms with Crippen molar-refractivity contribution in [2.75, 3.05) is 18.5 Å². The highest BCUT2D eigenvalue weighted by atomic mass is 16.4. The topological polar surface area (TPSA) is 79.7 Å². The first-order valence-electron chi connectivity index (χ1n) is 6.37. The van der Waals surface area contributed by atoms with Gasteiger partial charge < -0.3 is 15.8 Å². The van der Waals surface area contributed by atoms with Gasteiger partial charge in [-0.05, 0) is 24.1 Å². The van der Waals surface area contributed by atoms with Crippen LogP contribution in [0.15, 0.2) is 41.8 Å². The summed E-state index contributed by atoms with van der Waals surface area (Å²) in [4.78, 5) is 2.13. The third-order valence-corrected chi connectivity index (χ3v) is 3.18. The van der Waals surface area contributed by atoms with E-state index in [1.54, 1.807) is 4.68 Å². The van der Waals surface area contributed by atoms with Crippen LogP contribution in [-0.4, -0.2) is 34.4 Å². The molecule has 6 heteroatoms. The number of hydrogen-bond donors (Lipinski definition) is 2. The van der Waals surface area contributed by atoms with Gasteiger partial charge in [0, 0.05) is 38.1 Å². The molecule has 0 unspecified atom stereocenters. The summed E-state index contributed by atoms with van der Waals surface area (Å²) >= 11 is 0. The van der Waals surface area contributed by atoms with Crippen molar-refractivity contribution in [3.05, 3.63) is 47.8 Å². The van der Waals surface area contributed by atoms with Gasteiger partial charge in [-0.15, -0.1) is 0 Å². The van der Waals surface area contributed by atoms with Crippen LogP contribution in [0, 0.1) is 0 Å². The highest BCUT2D eigenvalue weighted by Crippen LogP contribution is 2.15. The van der Waals surface area contributed by atoms with Gasteiger partial charge in [0.2, 0.25) is 0 Å². The molecule has 0 amide bonds. The lowest BCUT2D eigenvalue weighted by Crippen LogP contribution is -2.21. The van der Waals surface area contributed by atoms with E-state index in [9.17, 15) is 0 Å². The van der Waals surface area contributed by atoms with E-state index in [0.29, 0.717) is 5.56 Å². The minimum absolute atomic E-state index is 0.118. The summed E-state index contributed by atoms with van der Waals surface area (Å²) < 4.78 is 1.80. The van der Waals surface area contributed by atoms with Crippen LogP contribution in [0.1, 0.15) is 11.1 Å². The van der Waals surface area contributed by atoms with Crippen LogP contribution in [0.4, 0.5) is 5.69 Å². The van der Waals surface area contributed by atoms with Crippen LogP contribution in [0.2, 0.25) is 0 Å². The van der Waals surface area contributed by atoms with Crippen molar-refractivity contribution in [2.45, 2.75) is 6.42 Å². The van der Waals surface area contributed by atoms with Crippen LogP contribution < -0.4 is 10.6 Å². The first-order valence-corrected chi connectivity index (χ1v) is 6.37. The fraction of sp³-hybridized carbons (Fsp3) is 0.286. The Hall–Kier alpha value is -2.50. The second kappa shape index (κ2) is 6.10. The smallest absolute Gasteiger partial charge is 0.170 e. The Bertz CT molecular complexity index is 605. The number of hydrogen-bond acceptors (Lipinski definition) is 4. The van der Waals surface area contributed by atoms with Gasteiger partial charge >= 0.3 is 0 Å². The number of oxime groups is 1. The van der Waals surface area contributed by atoms with Crippen molar-refractivity contribution in [3.8, 4) is 0 Å². The lowest BCUT2D eigenvalue weighted by molar-refractivity contribution is 0.318. The number of nitrogens with two attached hydrogens (primary N) is 1. The number of likely N-dealkylation sites (N-methyl/N-ethyl adjacent to an activating group) is 1. The Morgan fingerprint density at radius 1 is 1.50 bits per heavy atom. The minimum atomic E-state index is 0.118. The summed E-state index contributed by atoms with van der Waals surface area (Å²) in [6.07, 6.45) is 4.81. The maximum absolute atomic E-state index is 8.71. The number of nitrogens with zero attached hydrogens (tertiary/aromatic N) is 4. The van der Waals surface area contributed by atoms with E-state index in [4.69, 9.17) is 10.9 Å². The first-order chi connectivity index (χ1) is 9.60. The SMILES string of the molecule is CN(CCc1cnn(C)c1)c1cccc(/C(N)=N/O)c1. The molecule has 0 spiro atoms. The highest BCUT2D eigenvalue weighted by molar-refractivity contribution is 5.97. The molecular formula is C14H19N5O. The molecule has 0 aliphatic rings. The van der Waals surface area contributed by atoms with Gasteiger partial charge in [-0.3, -0.25) is 4.68 Å². The zero-order valence-corrected chi connectivity index (χ0v) is 11.7. The van der Waals surface area contributed by atoms with Crippen molar-refractivity contribution in [1.82, 2.24) is 9.78 Å². The van der Waals surface area contributed by atoms with Gasteiger partial charge in [-0.25, -0.2) is 0 Å². The lowest BCUT2D eigenvalue weighted by Gasteiger charge is -2.19. The molecule has 6 nitrogen and oxygen atoms in total. The maximum Gasteiger partial charge on any atom is 0.170 e. The van der Waals surface area contributed by atoms with Crippen molar-refractivity contribution in [1.29, 1.82) is 0 Å². The Morgan fingerprint density at radius 2 is 2.30 bits per heavy atom. The fourth-order valence-corrected chi connectivity index (χ4v) is 1.99. The third-order valence-electron chi connectivity index (χ3n) is 3.18. The monoisotopic (exact) mass is 273 g/mol. The van der Waals surface area contributed by atoms with E-state index < -0.39 is 0 Å². The normalized spacial score (nSPS) is 11.6. The van der Waals surface area contributed by atoms with Crippen molar-refractivity contribution >= 4 is 11.5 Å². The molecule has 0 fully saturated rings. The summed E-state index contributed by atoms with van der Waals surface area (Å²) in [6, 6.07) is 7.60. The predicted molar refractivity (Wildman–Crippen MR) is 79.1 cm³/mol. The molecule has 2 aromatic rings. The van der Waals surface area contributed by atoms with Crippen LogP contribution in [0.25, 0.3) is 0 Å². The van der Waals surface area contributed by atoms with Gasteiger partial charge in [0.25, 0.3) is 0 Å². The maximum atomic E-state index is 8.71. The Morgan fingerprint density at radius 3 is 2.95 bits per heavy atom. The number of anilines is 1. The van der Waals surface area contributed by atoms with Gasteiger partial charge in [0.15, 0.2) is 5.84 Å². The third kappa shape index (κ3) is 3.28. The van der Waals surface area contributed by atoms with Crippen LogP contribution >= 0.6 is 0 Å². The average molecular weight is 273 g/mol. The largest absolute Gasteiger partial charge is 0.409 e. The van der Waals surface area contributed by atoms with Gasteiger partial charge in [0.05, 0.1) is 6.20 Å². The molecule has 0 saturated heterocycles. The second-order valence-electron chi connectivity index (χ2n) is 4.73. The molecule has 1 aromatic heterocycles. The summed E-state index contributed by atoms with van der Waals surface area (Å²) in [5.74, 6) is 0.118. The molecule has 0 bridgehead atoms. The molecule has 1 heterocycles. The number of rotatable bonds is 5. The molecule has 3 N–H and O–H groups in total. The molecular weight excluding hydrogens is 254 g/mol. The second-order valence-corrected chi connectivity index (χ2v) is 4.73. The van der Waals surface area contributed by atoms with Gasteiger partial charge in [-0.2, -0.15) is 5.10 Å². The Labute approximate surface area is 118 Å². The molecule has 0 saturated carbocycles. The Kier molecular flexibility index (Phi) is 4.24. The Balaban J connectivity index is 2.03. The molecule has 2 rings (SSSR count). The van der Waals surface area contributed by atoms with Crippen LogP contribution in [-0.2, 0) is 13.5 Å². The van der Waals surface area contributed by atoms with Crippen molar-refractivity contribution < 1.29 is 5.21 Å². The first kappa shape index (κ1) is 13.9. The predicted octanol–water partition coefficient (Wildman–Crippen LogP) is 1.19. The summed E-state index contributed by atoms with van der Waals surface area (Å²) in [5, 5.41) is 15.9. The van der Waals surface area contributed by atoms with Crippen LogP contribution in [0.3, 0.4) is 0 Å². The number of aromatic nitrogens is 2. The van der Waals surface area contributed by atoms with E-state index in [1.807, 2.05) is 50.8 Å². The molecule has 106 valence electrons. The quantitative estimate of drug-likeness (QED) is 0.371. The average Bonchev–Trinajstić information content (AvgIpc) is 2.89. The number of amidine groups is 1. The van der Waals surface area contributed by atoms with Crippen molar-refractivity contribution in [2.24, 2.45) is 17.9 Å².